The summed E-state index contributed by atoms with van der Waals surface area (Å²) in [5.74, 6) is 0. The van der Waals surface area contributed by atoms with E-state index in [4.69, 9.17) is 28.9 Å². The number of nitrogens with zero attached hydrogens (tertiary/aromatic N) is 1. The molecule has 1 aliphatic rings. The first-order chi connectivity index (χ1) is 8.63. The number of nitrogens with two attached hydrogens (primary N) is 1. The maximum absolute atomic E-state index is 6.29. The van der Waals surface area contributed by atoms with Gasteiger partial charge in [-0.1, -0.05) is 35.7 Å². The van der Waals surface area contributed by atoms with Crippen molar-refractivity contribution in [2.24, 2.45) is 5.73 Å². The Morgan fingerprint density at radius 2 is 2.17 bits per heavy atom. The molecule has 0 amide bonds. The molecule has 1 saturated heterocycles. The van der Waals surface area contributed by atoms with E-state index in [1.807, 2.05) is 18.2 Å². The molecule has 2 nitrogen and oxygen atoms in total. The van der Waals surface area contributed by atoms with Crippen molar-refractivity contribution in [1.29, 1.82) is 0 Å². The van der Waals surface area contributed by atoms with Crippen LogP contribution in [0.2, 0.25) is 10.0 Å². The van der Waals surface area contributed by atoms with E-state index in [1.54, 1.807) is 0 Å². The lowest BCUT2D eigenvalue weighted by Crippen LogP contribution is -2.45. The Balaban J connectivity index is 2.20. The Hall–Kier alpha value is -0.280. The largest absolute Gasteiger partial charge is 0.329 e. The van der Waals surface area contributed by atoms with E-state index in [0.29, 0.717) is 17.1 Å². The third-order valence-corrected chi connectivity index (χ3v) is 4.42. The second kappa shape index (κ2) is 6.25. The number of benzene rings is 1. The molecule has 2 rings (SSSR count). The van der Waals surface area contributed by atoms with Gasteiger partial charge in [-0.2, -0.15) is 0 Å². The minimum atomic E-state index is 0.295. The number of rotatable bonds is 3. The Kier molecular flexibility index (Phi) is 4.91. The van der Waals surface area contributed by atoms with Gasteiger partial charge in [-0.3, -0.25) is 4.90 Å². The second-order valence-corrected chi connectivity index (χ2v) is 5.81. The molecule has 18 heavy (non-hydrogen) atoms. The predicted molar refractivity (Wildman–Crippen MR) is 78.3 cm³/mol. The highest BCUT2D eigenvalue weighted by Crippen LogP contribution is 2.33. The van der Waals surface area contributed by atoms with E-state index < -0.39 is 0 Å². The van der Waals surface area contributed by atoms with Gasteiger partial charge in [0.1, 0.15) is 0 Å². The van der Waals surface area contributed by atoms with Crippen molar-refractivity contribution >= 4 is 23.2 Å². The van der Waals surface area contributed by atoms with Crippen LogP contribution in [0.1, 0.15) is 37.8 Å². The van der Waals surface area contributed by atoms with Crippen LogP contribution in [0.15, 0.2) is 18.2 Å². The minimum Gasteiger partial charge on any atom is -0.329 e. The average molecular weight is 287 g/mol. The summed E-state index contributed by atoms with van der Waals surface area (Å²) in [4.78, 5) is 2.47. The maximum Gasteiger partial charge on any atom is 0.0468 e. The molecule has 2 N–H and O–H groups in total. The van der Waals surface area contributed by atoms with Gasteiger partial charge in [-0.25, -0.2) is 0 Å². The minimum absolute atomic E-state index is 0.295. The van der Waals surface area contributed by atoms with Gasteiger partial charge < -0.3 is 5.73 Å². The molecule has 100 valence electrons. The number of likely N-dealkylation sites (tertiary alicyclic amines) is 1. The highest BCUT2D eigenvalue weighted by molar-refractivity contribution is 6.35. The van der Waals surface area contributed by atoms with Gasteiger partial charge >= 0.3 is 0 Å². The smallest absolute Gasteiger partial charge is 0.0468 e. The van der Waals surface area contributed by atoms with Crippen LogP contribution in [0.3, 0.4) is 0 Å². The standard InChI is InChI=1S/C14H20Cl2N2/c1-10(13-6-5-11(15)8-14(13)16)18-7-3-2-4-12(18)9-17/h5-6,8,10,12H,2-4,7,9,17H2,1H3. The fraction of sp³-hybridized carbons (Fsp3) is 0.571. The molecule has 0 bridgehead atoms. The van der Waals surface area contributed by atoms with Gasteiger partial charge in [0.25, 0.3) is 0 Å². The summed E-state index contributed by atoms with van der Waals surface area (Å²) in [6.07, 6.45) is 3.71. The fourth-order valence-corrected chi connectivity index (χ4v) is 3.37. The van der Waals surface area contributed by atoms with Crippen molar-refractivity contribution in [1.82, 2.24) is 4.90 Å². The summed E-state index contributed by atoms with van der Waals surface area (Å²) in [7, 11) is 0. The molecular weight excluding hydrogens is 267 g/mol. The van der Waals surface area contributed by atoms with E-state index in [0.717, 1.165) is 23.7 Å². The molecule has 1 aliphatic heterocycles. The van der Waals surface area contributed by atoms with Crippen molar-refractivity contribution in [3.05, 3.63) is 33.8 Å². The first-order valence-electron chi connectivity index (χ1n) is 6.54. The second-order valence-electron chi connectivity index (χ2n) is 4.96. The van der Waals surface area contributed by atoms with Gasteiger partial charge in [0.15, 0.2) is 0 Å². The van der Waals surface area contributed by atoms with E-state index >= 15 is 0 Å². The molecule has 1 heterocycles. The summed E-state index contributed by atoms with van der Waals surface area (Å²) in [5.41, 5.74) is 7.02. The Labute approximate surface area is 119 Å². The lowest BCUT2D eigenvalue weighted by molar-refractivity contribution is 0.108. The van der Waals surface area contributed by atoms with Gasteiger partial charge in [-0.05, 0) is 44.0 Å². The molecule has 4 heteroatoms. The molecule has 1 fully saturated rings. The van der Waals surface area contributed by atoms with Gasteiger partial charge in [0.2, 0.25) is 0 Å². The van der Waals surface area contributed by atoms with Crippen molar-refractivity contribution in [3.63, 3.8) is 0 Å². The van der Waals surface area contributed by atoms with Crippen molar-refractivity contribution in [3.8, 4) is 0 Å². The highest BCUT2D eigenvalue weighted by Gasteiger charge is 2.27. The highest BCUT2D eigenvalue weighted by atomic mass is 35.5. The molecule has 0 radical (unpaired) electrons. The maximum atomic E-state index is 6.29. The molecule has 1 aromatic rings. The van der Waals surface area contributed by atoms with E-state index in [2.05, 4.69) is 11.8 Å². The lowest BCUT2D eigenvalue weighted by Gasteiger charge is -2.39. The quantitative estimate of drug-likeness (QED) is 0.914. The average Bonchev–Trinajstić information content (AvgIpc) is 2.38. The Bertz CT molecular complexity index is 409. The van der Waals surface area contributed by atoms with Crippen LogP contribution >= 0.6 is 23.2 Å². The molecule has 2 unspecified atom stereocenters. The first kappa shape index (κ1) is 14.1. The van der Waals surface area contributed by atoms with E-state index in [-0.39, 0.29) is 0 Å². The third-order valence-electron chi connectivity index (χ3n) is 3.85. The van der Waals surface area contributed by atoms with Gasteiger partial charge in [0.05, 0.1) is 0 Å². The van der Waals surface area contributed by atoms with Crippen LogP contribution in [0.5, 0.6) is 0 Å². The summed E-state index contributed by atoms with van der Waals surface area (Å²) in [6, 6.07) is 6.51. The molecule has 0 spiro atoms. The van der Waals surface area contributed by atoms with Gasteiger partial charge in [-0.15, -0.1) is 0 Å². The fourth-order valence-electron chi connectivity index (χ4n) is 2.80. The molecule has 0 aromatic heterocycles. The van der Waals surface area contributed by atoms with Crippen molar-refractivity contribution < 1.29 is 0 Å². The number of halogens is 2. The van der Waals surface area contributed by atoms with E-state index in [9.17, 15) is 0 Å². The molecular formula is C14H20Cl2N2. The molecule has 2 atom stereocenters. The summed E-state index contributed by atoms with van der Waals surface area (Å²) >= 11 is 12.2. The van der Waals surface area contributed by atoms with Crippen LogP contribution in [-0.2, 0) is 0 Å². The Morgan fingerprint density at radius 3 is 2.83 bits per heavy atom. The molecule has 0 aliphatic carbocycles. The van der Waals surface area contributed by atoms with Crippen LogP contribution in [0.25, 0.3) is 0 Å². The third kappa shape index (κ3) is 3.00. The lowest BCUT2D eigenvalue weighted by atomic mass is 9.97. The van der Waals surface area contributed by atoms with Crippen molar-refractivity contribution in [2.75, 3.05) is 13.1 Å². The topological polar surface area (TPSA) is 29.3 Å². The molecule has 0 saturated carbocycles. The van der Waals surface area contributed by atoms with Crippen LogP contribution < -0.4 is 5.73 Å². The monoisotopic (exact) mass is 286 g/mol. The normalized spacial score (nSPS) is 23.0. The van der Waals surface area contributed by atoms with E-state index in [1.165, 1.54) is 19.3 Å². The van der Waals surface area contributed by atoms with Crippen LogP contribution in [0, 0.1) is 0 Å². The first-order valence-corrected chi connectivity index (χ1v) is 7.30. The van der Waals surface area contributed by atoms with Crippen molar-refractivity contribution in [2.45, 2.75) is 38.3 Å². The van der Waals surface area contributed by atoms with Gasteiger partial charge in [0, 0.05) is 28.7 Å². The zero-order chi connectivity index (χ0) is 13.1. The zero-order valence-corrected chi connectivity index (χ0v) is 12.2. The molecule has 1 aromatic carbocycles. The summed E-state index contributed by atoms with van der Waals surface area (Å²) in [5, 5.41) is 1.43. The number of hydrogen-bond acceptors (Lipinski definition) is 2. The number of piperidine rings is 1. The van der Waals surface area contributed by atoms with Crippen LogP contribution in [0.4, 0.5) is 0 Å². The number of hydrogen-bond donors (Lipinski definition) is 1. The SMILES string of the molecule is CC(c1ccc(Cl)cc1Cl)N1CCCCC1CN. The summed E-state index contributed by atoms with van der Waals surface area (Å²) in [6.45, 7) is 4.01. The Morgan fingerprint density at radius 1 is 1.39 bits per heavy atom. The predicted octanol–water partition coefficient (Wildman–Crippen LogP) is 3.87. The van der Waals surface area contributed by atoms with Crippen LogP contribution in [-0.4, -0.2) is 24.0 Å². The zero-order valence-electron chi connectivity index (χ0n) is 10.7. The summed E-state index contributed by atoms with van der Waals surface area (Å²) < 4.78 is 0.